The predicted octanol–water partition coefficient (Wildman–Crippen LogP) is 2.92. The normalized spacial score (nSPS) is 21.1. The molecule has 0 spiro atoms. The van der Waals surface area contributed by atoms with Crippen LogP contribution in [0.25, 0.3) is 0 Å². The molecule has 4 heteroatoms. The van der Waals surface area contributed by atoms with Gasteiger partial charge in [-0.25, -0.2) is 0 Å². The van der Waals surface area contributed by atoms with Crippen LogP contribution in [0.3, 0.4) is 0 Å². The molecular formula is C15H23ClN2O. The molecule has 2 rings (SSSR count). The SMILES string of the molecule is CCC1CN(Cc2c(Cl)cccc2OC)CCCN1. The molecule has 1 unspecified atom stereocenters. The number of rotatable bonds is 4. The first-order valence-corrected chi connectivity index (χ1v) is 7.39. The first-order chi connectivity index (χ1) is 9.24. The van der Waals surface area contributed by atoms with Crippen LogP contribution in [-0.2, 0) is 6.54 Å². The van der Waals surface area contributed by atoms with Crippen molar-refractivity contribution in [2.24, 2.45) is 0 Å². The Hall–Kier alpha value is -0.770. The lowest BCUT2D eigenvalue weighted by Gasteiger charge is -2.25. The van der Waals surface area contributed by atoms with Gasteiger partial charge in [0.25, 0.3) is 0 Å². The Kier molecular flexibility index (Phi) is 5.49. The molecule has 106 valence electrons. The number of halogens is 1. The van der Waals surface area contributed by atoms with Crippen molar-refractivity contribution in [3.05, 3.63) is 28.8 Å². The summed E-state index contributed by atoms with van der Waals surface area (Å²) in [5.74, 6) is 0.887. The molecule has 0 aliphatic carbocycles. The second-order valence-electron chi connectivity index (χ2n) is 5.07. The molecule has 0 saturated carbocycles. The zero-order valence-corrected chi connectivity index (χ0v) is 12.5. The fourth-order valence-corrected chi connectivity index (χ4v) is 2.83. The second kappa shape index (κ2) is 7.13. The molecule has 1 N–H and O–H groups in total. The number of nitrogens with zero attached hydrogens (tertiary/aromatic N) is 1. The van der Waals surface area contributed by atoms with E-state index in [4.69, 9.17) is 16.3 Å². The molecule has 1 aliphatic rings. The van der Waals surface area contributed by atoms with E-state index in [1.54, 1.807) is 7.11 Å². The number of benzene rings is 1. The number of methoxy groups -OCH3 is 1. The monoisotopic (exact) mass is 282 g/mol. The fraction of sp³-hybridized carbons (Fsp3) is 0.600. The summed E-state index contributed by atoms with van der Waals surface area (Å²) in [5.41, 5.74) is 1.10. The zero-order chi connectivity index (χ0) is 13.7. The summed E-state index contributed by atoms with van der Waals surface area (Å²) in [4.78, 5) is 2.47. The molecule has 0 bridgehead atoms. The summed E-state index contributed by atoms with van der Waals surface area (Å²) in [6.45, 7) is 6.38. The Balaban J connectivity index is 2.11. The largest absolute Gasteiger partial charge is 0.496 e. The summed E-state index contributed by atoms with van der Waals surface area (Å²) < 4.78 is 5.43. The Bertz CT molecular complexity index is 411. The minimum Gasteiger partial charge on any atom is -0.496 e. The zero-order valence-electron chi connectivity index (χ0n) is 11.8. The molecule has 19 heavy (non-hydrogen) atoms. The van der Waals surface area contributed by atoms with Gasteiger partial charge in [0.15, 0.2) is 0 Å². The lowest BCUT2D eigenvalue weighted by Crippen LogP contribution is -2.36. The molecule has 1 aromatic carbocycles. The van der Waals surface area contributed by atoms with Gasteiger partial charge in [-0.15, -0.1) is 0 Å². The molecular weight excluding hydrogens is 260 g/mol. The Morgan fingerprint density at radius 2 is 2.32 bits per heavy atom. The Labute approximate surface area is 120 Å². The van der Waals surface area contributed by atoms with Gasteiger partial charge in [0.2, 0.25) is 0 Å². The quantitative estimate of drug-likeness (QED) is 0.919. The topological polar surface area (TPSA) is 24.5 Å². The van der Waals surface area contributed by atoms with Crippen molar-refractivity contribution in [1.29, 1.82) is 0 Å². The lowest BCUT2D eigenvalue weighted by molar-refractivity contribution is 0.253. The van der Waals surface area contributed by atoms with E-state index in [9.17, 15) is 0 Å². The molecule has 1 aromatic rings. The molecule has 0 amide bonds. The van der Waals surface area contributed by atoms with Crippen LogP contribution in [0.4, 0.5) is 0 Å². The van der Waals surface area contributed by atoms with Crippen LogP contribution in [0.2, 0.25) is 5.02 Å². The van der Waals surface area contributed by atoms with Gasteiger partial charge in [0.05, 0.1) is 7.11 Å². The minimum absolute atomic E-state index is 0.580. The second-order valence-corrected chi connectivity index (χ2v) is 5.48. The third kappa shape index (κ3) is 3.85. The van der Waals surface area contributed by atoms with Crippen LogP contribution in [0.1, 0.15) is 25.3 Å². The highest BCUT2D eigenvalue weighted by Crippen LogP contribution is 2.28. The Morgan fingerprint density at radius 1 is 1.47 bits per heavy atom. The summed E-state index contributed by atoms with van der Waals surface area (Å²) in [7, 11) is 1.70. The van der Waals surface area contributed by atoms with Crippen molar-refractivity contribution in [3.63, 3.8) is 0 Å². The van der Waals surface area contributed by atoms with Gasteiger partial charge in [-0.05, 0) is 38.1 Å². The summed E-state index contributed by atoms with van der Waals surface area (Å²) in [6, 6.07) is 6.43. The van der Waals surface area contributed by atoms with E-state index in [1.807, 2.05) is 18.2 Å². The van der Waals surface area contributed by atoms with Crippen molar-refractivity contribution in [2.75, 3.05) is 26.7 Å². The van der Waals surface area contributed by atoms with E-state index in [1.165, 1.54) is 6.42 Å². The molecule has 0 aromatic heterocycles. The van der Waals surface area contributed by atoms with Gasteiger partial charge in [-0.1, -0.05) is 24.6 Å². The molecule has 1 aliphatic heterocycles. The van der Waals surface area contributed by atoms with Gasteiger partial charge >= 0.3 is 0 Å². The third-order valence-corrected chi connectivity index (χ3v) is 4.09. The van der Waals surface area contributed by atoms with E-state index in [2.05, 4.69) is 17.1 Å². The van der Waals surface area contributed by atoms with E-state index >= 15 is 0 Å². The van der Waals surface area contributed by atoms with Gasteiger partial charge < -0.3 is 10.1 Å². The maximum atomic E-state index is 6.32. The van der Waals surface area contributed by atoms with Crippen LogP contribution in [0.5, 0.6) is 5.75 Å². The molecule has 1 saturated heterocycles. The van der Waals surface area contributed by atoms with Crippen LogP contribution in [-0.4, -0.2) is 37.7 Å². The maximum Gasteiger partial charge on any atom is 0.124 e. The summed E-state index contributed by atoms with van der Waals surface area (Å²) in [5, 5.41) is 4.38. The van der Waals surface area contributed by atoms with Gasteiger partial charge in [-0.2, -0.15) is 0 Å². The van der Waals surface area contributed by atoms with Crippen LogP contribution in [0.15, 0.2) is 18.2 Å². The molecule has 1 atom stereocenters. The van der Waals surface area contributed by atoms with Crippen molar-refractivity contribution >= 4 is 11.6 Å². The van der Waals surface area contributed by atoms with Crippen molar-refractivity contribution in [3.8, 4) is 5.75 Å². The fourth-order valence-electron chi connectivity index (χ4n) is 2.60. The summed E-state index contributed by atoms with van der Waals surface area (Å²) >= 11 is 6.32. The third-order valence-electron chi connectivity index (χ3n) is 3.73. The van der Waals surface area contributed by atoms with Gasteiger partial charge in [0.1, 0.15) is 5.75 Å². The van der Waals surface area contributed by atoms with Gasteiger partial charge in [-0.3, -0.25) is 4.90 Å². The van der Waals surface area contributed by atoms with E-state index in [0.29, 0.717) is 6.04 Å². The van der Waals surface area contributed by atoms with Crippen molar-refractivity contribution in [1.82, 2.24) is 10.2 Å². The first kappa shape index (κ1) is 14.6. The van der Waals surface area contributed by atoms with Gasteiger partial charge in [0, 0.05) is 29.7 Å². The lowest BCUT2D eigenvalue weighted by atomic mass is 10.1. The average molecular weight is 283 g/mol. The van der Waals surface area contributed by atoms with Crippen molar-refractivity contribution < 1.29 is 4.74 Å². The van der Waals surface area contributed by atoms with Crippen LogP contribution >= 0.6 is 11.6 Å². The number of hydrogen-bond donors (Lipinski definition) is 1. The smallest absolute Gasteiger partial charge is 0.124 e. The number of ether oxygens (including phenoxy) is 1. The van der Waals surface area contributed by atoms with Crippen LogP contribution < -0.4 is 10.1 Å². The predicted molar refractivity (Wildman–Crippen MR) is 80.0 cm³/mol. The van der Waals surface area contributed by atoms with E-state index < -0.39 is 0 Å². The standard InChI is InChI=1S/C15H23ClN2O/c1-3-12-10-18(9-5-8-17-12)11-13-14(16)6-4-7-15(13)19-2/h4,6-7,12,17H,3,5,8-11H2,1-2H3. The highest BCUT2D eigenvalue weighted by Gasteiger charge is 2.18. The van der Waals surface area contributed by atoms with E-state index in [-0.39, 0.29) is 0 Å². The molecule has 3 nitrogen and oxygen atoms in total. The maximum absolute atomic E-state index is 6.32. The minimum atomic E-state index is 0.580. The molecule has 1 heterocycles. The highest BCUT2D eigenvalue weighted by molar-refractivity contribution is 6.31. The first-order valence-electron chi connectivity index (χ1n) is 7.01. The number of hydrogen-bond acceptors (Lipinski definition) is 3. The van der Waals surface area contributed by atoms with Crippen molar-refractivity contribution in [2.45, 2.75) is 32.4 Å². The van der Waals surface area contributed by atoms with Crippen LogP contribution in [0, 0.1) is 0 Å². The highest BCUT2D eigenvalue weighted by atomic mass is 35.5. The molecule has 1 fully saturated rings. The van der Waals surface area contributed by atoms with E-state index in [0.717, 1.165) is 48.9 Å². The Morgan fingerprint density at radius 3 is 3.05 bits per heavy atom. The number of nitrogens with one attached hydrogen (secondary N) is 1. The molecule has 0 radical (unpaired) electrons. The summed E-state index contributed by atoms with van der Waals surface area (Å²) in [6.07, 6.45) is 2.35. The average Bonchev–Trinajstić information content (AvgIpc) is 2.66.